The fraction of sp³-hybridized carbons (Fsp3) is 0.375. The number of halogens is 4. The average Bonchev–Trinajstić information content (AvgIpc) is 2.85. The molecule has 2 aliphatic heterocycles. The molecule has 0 radical (unpaired) electrons. The van der Waals surface area contributed by atoms with Gasteiger partial charge in [0.15, 0.2) is 0 Å². The highest BCUT2D eigenvalue weighted by molar-refractivity contribution is 6.31. The molecule has 2 aromatic carbocycles. The monoisotopic (exact) mass is 538 g/mol. The van der Waals surface area contributed by atoms with Crippen LogP contribution in [0.15, 0.2) is 36.4 Å². The molecule has 0 aliphatic carbocycles. The van der Waals surface area contributed by atoms with Crippen LogP contribution in [0.2, 0.25) is 5.02 Å². The standard InChI is InChI=1S/C24H22ClF3N4O5/c25-14-2-4-20(16(8-14)13-1-3-21(37-24(26,27)28)18(7-13)23(34)35)36-6-5-32-12-31-19-11-30-15(10-29)9-17(19)22(32)33/h1-4,7-8,15,17,19,30-31H,5-6,9,11-12H2,(H,34,35). The molecule has 9 nitrogen and oxygen atoms in total. The summed E-state index contributed by atoms with van der Waals surface area (Å²) in [6.07, 6.45) is -4.65. The Bertz CT molecular complexity index is 1240. The maximum atomic E-state index is 13.0. The predicted octanol–water partition coefficient (Wildman–Crippen LogP) is 3.24. The van der Waals surface area contributed by atoms with Crippen molar-refractivity contribution in [2.45, 2.75) is 24.9 Å². The van der Waals surface area contributed by atoms with E-state index in [1.807, 2.05) is 0 Å². The third kappa shape index (κ3) is 6.25. The van der Waals surface area contributed by atoms with Crippen LogP contribution in [0.25, 0.3) is 11.1 Å². The molecule has 0 saturated carbocycles. The molecule has 0 aromatic heterocycles. The molecule has 196 valence electrons. The normalized spacial score (nSPS) is 21.6. The smallest absolute Gasteiger partial charge is 0.491 e. The van der Waals surface area contributed by atoms with E-state index in [-0.39, 0.29) is 42.6 Å². The zero-order valence-electron chi connectivity index (χ0n) is 19.2. The van der Waals surface area contributed by atoms with Crippen molar-refractivity contribution in [1.82, 2.24) is 15.5 Å². The summed E-state index contributed by atoms with van der Waals surface area (Å²) in [6, 6.07) is 9.54. The SMILES string of the molecule is N#CC1CC2C(=O)N(CCOc3ccc(Cl)cc3-c3ccc(OC(F)(F)F)c(C(=O)O)c3)CNC2CN1. The summed E-state index contributed by atoms with van der Waals surface area (Å²) in [7, 11) is 0. The first kappa shape index (κ1) is 26.5. The Kier molecular flexibility index (Phi) is 7.77. The number of nitrogens with zero attached hydrogens (tertiary/aromatic N) is 2. The molecule has 2 aliphatic rings. The van der Waals surface area contributed by atoms with Gasteiger partial charge in [0.1, 0.15) is 23.7 Å². The minimum atomic E-state index is -5.06. The lowest BCUT2D eigenvalue weighted by Gasteiger charge is -2.42. The highest BCUT2D eigenvalue weighted by Gasteiger charge is 2.40. The van der Waals surface area contributed by atoms with Crippen molar-refractivity contribution in [3.8, 4) is 28.7 Å². The third-order valence-corrected chi connectivity index (χ3v) is 6.43. The number of carbonyl (C=O) groups excluding carboxylic acids is 1. The predicted molar refractivity (Wildman–Crippen MR) is 125 cm³/mol. The van der Waals surface area contributed by atoms with Gasteiger partial charge in [0.2, 0.25) is 5.91 Å². The first-order valence-corrected chi connectivity index (χ1v) is 11.6. The lowest BCUT2D eigenvalue weighted by atomic mass is 9.86. The molecule has 2 saturated heterocycles. The summed E-state index contributed by atoms with van der Waals surface area (Å²) >= 11 is 6.12. The van der Waals surface area contributed by atoms with E-state index in [2.05, 4.69) is 21.4 Å². The molecule has 0 spiro atoms. The Balaban J connectivity index is 1.49. The zero-order chi connectivity index (χ0) is 26.7. The Morgan fingerprint density at radius 1 is 1.22 bits per heavy atom. The fourth-order valence-electron chi connectivity index (χ4n) is 4.43. The second-order valence-corrected chi connectivity index (χ2v) is 8.99. The van der Waals surface area contributed by atoms with Gasteiger partial charge in [-0.15, -0.1) is 13.2 Å². The van der Waals surface area contributed by atoms with E-state index >= 15 is 0 Å². The second-order valence-electron chi connectivity index (χ2n) is 8.56. The van der Waals surface area contributed by atoms with E-state index in [0.717, 1.165) is 12.1 Å². The van der Waals surface area contributed by atoms with Gasteiger partial charge < -0.3 is 24.8 Å². The number of benzene rings is 2. The van der Waals surface area contributed by atoms with Gasteiger partial charge >= 0.3 is 12.3 Å². The van der Waals surface area contributed by atoms with Crippen LogP contribution in [-0.2, 0) is 4.79 Å². The van der Waals surface area contributed by atoms with Gasteiger partial charge in [0, 0.05) is 23.2 Å². The lowest BCUT2D eigenvalue weighted by Crippen LogP contribution is -2.64. The van der Waals surface area contributed by atoms with Crippen LogP contribution in [0.5, 0.6) is 11.5 Å². The van der Waals surface area contributed by atoms with Gasteiger partial charge in [-0.1, -0.05) is 17.7 Å². The molecule has 3 N–H and O–H groups in total. The Labute approximate surface area is 214 Å². The largest absolute Gasteiger partial charge is 0.573 e. The summed E-state index contributed by atoms with van der Waals surface area (Å²) in [5, 5.41) is 25.3. The topological polar surface area (TPSA) is 124 Å². The van der Waals surface area contributed by atoms with Crippen LogP contribution in [0.3, 0.4) is 0 Å². The van der Waals surface area contributed by atoms with Gasteiger partial charge in [0.25, 0.3) is 0 Å². The molecule has 0 bridgehead atoms. The molecule has 37 heavy (non-hydrogen) atoms. The summed E-state index contributed by atoms with van der Waals surface area (Å²) in [6.45, 7) is 1.16. The summed E-state index contributed by atoms with van der Waals surface area (Å²) in [4.78, 5) is 26.1. The molecule has 2 fully saturated rings. The Morgan fingerprint density at radius 3 is 2.68 bits per heavy atom. The number of hydrogen-bond acceptors (Lipinski definition) is 7. The van der Waals surface area contributed by atoms with Crippen LogP contribution in [0.4, 0.5) is 13.2 Å². The number of piperidine rings is 1. The number of nitrogens with one attached hydrogen (secondary N) is 2. The minimum Gasteiger partial charge on any atom is -0.491 e. The van der Waals surface area contributed by atoms with Crippen molar-refractivity contribution in [3.05, 3.63) is 47.0 Å². The number of alkyl halides is 3. The maximum absolute atomic E-state index is 13.0. The molecular formula is C24H22ClF3N4O5. The maximum Gasteiger partial charge on any atom is 0.573 e. The highest BCUT2D eigenvalue weighted by atomic mass is 35.5. The fourth-order valence-corrected chi connectivity index (χ4v) is 4.60. The van der Waals surface area contributed by atoms with Crippen LogP contribution in [0.1, 0.15) is 16.8 Å². The molecule has 2 heterocycles. The first-order valence-electron chi connectivity index (χ1n) is 11.3. The minimum absolute atomic E-state index is 0.0511. The molecule has 2 aromatic rings. The third-order valence-electron chi connectivity index (χ3n) is 6.20. The van der Waals surface area contributed by atoms with Gasteiger partial charge in [-0.2, -0.15) is 5.26 Å². The molecular weight excluding hydrogens is 517 g/mol. The van der Waals surface area contributed by atoms with Crippen LogP contribution in [-0.4, -0.2) is 66.7 Å². The summed E-state index contributed by atoms with van der Waals surface area (Å²) in [5.74, 6) is -2.54. The number of hydrogen-bond donors (Lipinski definition) is 3. The van der Waals surface area contributed by atoms with Crippen molar-refractivity contribution in [3.63, 3.8) is 0 Å². The van der Waals surface area contributed by atoms with E-state index in [4.69, 9.17) is 16.3 Å². The molecule has 13 heteroatoms. The van der Waals surface area contributed by atoms with E-state index < -0.39 is 23.6 Å². The van der Waals surface area contributed by atoms with E-state index in [0.29, 0.717) is 36.0 Å². The Hall–Kier alpha value is -3.53. The zero-order valence-corrected chi connectivity index (χ0v) is 20.0. The highest BCUT2D eigenvalue weighted by Crippen LogP contribution is 2.36. The number of nitriles is 1. The van der Waals surface area contributed by atoms with E-state index in [1.165, 1.54) is 12.1 Å². The number of ether oxygens (including phenoxy) is 2. The summed E-state index contributed by atoms with van der Waals surface area (Å²) in [5.41, 5.74) is -0.0786. The molecule has 3 atom stereocenters. The number of carboxylic acid groups (broad SMARTS) is 1. The quantitative estimate of drug-likeness (QED) is 0.491. The van der Waals surface area contributed by atoms with Gasteiger partial charge in [0.05, 0.1) is 31.2 Å². The van der Waals surface area contributed by atoms with Crippen LogP contribution < -0.4 is 20.1 Å². The van der Waals surface area contributed by atoms with Crippen LogP contribution in [0, 0.1) is 17.2 Å². The number of carboxylic acids is 1. The molecule has 1 amide bonds. The van der Waals surface area contributed by atoms with Crippen LogP contribution >= 0.6 is 11.6 Å². The summed E-state index contributed by atoms with van der Waals surface area (Å²) < 4.78 is 47.7. The average molecular weight is 539 g/mol. The van der Waals surface area contributed by atoms with Gasteiger partial charge in [-0.3, -0.25) is 10.1 Å². The number of aromatic carboxylic acids is 1. The molecule has 4 rings (SSSR count). The number of rotatable bonds is 7. The number of carbonyl (C=O) groups is 2. The van der Waals surface area contributed by atoms with Crippen molar-refractivity contribution in [2.24, 2.45) is 5.92 Å². The van der Waals surface area contributed by atoms with Gasteiger partial charge in [-0.25, -0.2) is 4.79 Å². The van der Waals surface area contributed by atoms with Crippen molar-refractivity contribution in [1.29, 1.82) is 5.26 Å². The van der Waals surface area contributed by atoms with Crippen molar-refractivity contribution in [2.75, 3.05) is 26.4 Å². The second kappa shape index (κ2) is 10.8. The lowest BCUT2D eigenvalue weighted by molar-refractivity contribution is -0.274. The van der Waals surface area contributed by atoms with Crippen molar-refractivity contribution < 1.29 is 37.3 Å². The van der Waals surface area contributed by atoms with E-state index in [1.54, 1.807) is 17.0 Å². The Morgan fingerprint density at radius 2 is 1.97 bits per heavy atom. The first-order chi connectivity index (χ1) is 17.6. The van der Waals surface area contributed by atoms with Crippen molar-refractivity contribution >= 4 is 23.5 Å². The number of amides is 1. The molecule has 3 unspecified atom stereocenters. The number of fused-ring (bicyclic) bond motifs is 1. The van der Waals surface area contributed by atoms with Gasteiger partial charge in [-0.05, 0) is 42.3 Å². The van der Waals surface area contributed by atoms with E-state index in [9.17, 15) is 33.1 Å².